The maximum Gasteiger partial charge on any atom is 0.488 e. The molecule has 11 rings (SSSR count). The minimum atomic E-state index is -1.49. The molecule has 390 valence electrons. The number of ether oxygens (including phenoxy) is 3. The maximum atomic E-state index is 11.7. The second-order valence-electron chi connectivity index (χ2n) is 16.7. The lowest BCUT2D eigenvalue weighted by Crippen LogP contribution is -2.29. The van der Waals surface area contributed by atoms with Crippen molar-refractivity contribution in [2.75, 3.05) is 19.8 Å². The van der Waals surface area contributed by atoms with Gasteiger partial charge in [-0.1, -0.05) is 78.8 Å². The minimum Gasteiger partial charge on any atom is -0.502 e. The third-order valence-corrected chi connectivity index (χ3v) is 12.5. The maximum absolute atomic E-state index is 11.7. The predicted octanol–water partition coefficient (Wildman–Crippen LogP) is 9.61. The van der Waals surface area contributed by atoms with Crippen LogP contribution in [0.2, 0.25) is 26.2 Å². The zero-order valence-corrected chi connectivity index (χ0v) is 44.0. The summed E-state index contributed by atoms with van der Waals surface area (Å²) in [6.07, 6.45) is 20.2. The Kier molecular flexibility index (Phi) is 21.2. The molecular formula is C50H50BCl5N12O7. The van der Waals surface area contributed by atoms with Crippen LogP contribution < -0.4 is 5.46 Å². The monoisotopic (exact) mass is 1120 g/mol. The fraction of sp³-hybridized carbons (Fsp3) is 0.300. The summed E-state index contributed by atoms with van der Waals surface area (Å²) < 4.78 is 19.9. The third-order valence-electron chi connectivity index (χ3n) is 11.4. The molecule has 3 N–H and O–H groups in total. The zero-order chi connectivity index (χ0) is 53.3. The van der Waals surface area contributed by atoms with Crippen LogP contribution in [0.25, 0.3) is 44.4 Å². The second kappa shape index (κ2) is 28.1. The third kappa shape index (κ3) is 15.9. The number of nitrogens with one attached hydrogen (secondary N) is 1. The molecule has 2 saturated heterocycles. The standard InChI is InChI=1S/C20H19ClN4O2.C10H11BO3.C10H10Cl2N4O.C5H2Cl2N4.C5H8O/c1-2-15(26)11-13-6-5-7-14(10-13)18-16-12-22-25(17-8-3-4-9-27-17)19(16)24-20(21)23-18;1-2-10(12)7-8-4-3-5-9(6-8)11(13)14;11-8-6-5-13-16(7-3-1-2-4-17-7)9(6)15-10(12)14-8;6-3-2-1-8-11-4(2)10-5(7)9-3;1-2-4-6-5-3-1/h2,5-7,10,12,17H,1,3-4,8-9,11H2;2-6,13-14H,1,7H2;5,7H,1-4H2;1H,(H,8,9,10,11);2,4H,1,3,5H2. The van der Waals surface area contributed by atoms with Gasteiger partial charge < -0.3 is 24.3 Å². The number of hydrogen-bond acceptors (Lipinski definition) is 16. The van der Waals surface area contributed by atoms with E-state index in [4.69, 9.17) is 82.3 Å². The number of carbonyl (C=O) groups is 2. The molecule has 3 aliphatic rings. The first-order valence-corrected chi connectivity index (χ1v) is 25.5. The molecule has 0 saturated carbocycles. The van der Waals surface area contributed by atoms with Gasteiger partial charge in [-0.15, -0.1) is 0 Å². The van der Waals surface area contributed by atoms with E-state index in [0.29, 0.717) is 55.6 Å². The molecule has 8 aromatic rings. The number of benzene rings is 2. The van der Waals surface area contributed by atoms with E-state index < -0.39 is 7.12 Å². The van der Waals surface area contributed by atoms with Crippen LogP contribution in [0.1, 0.15) is 74.9 Å². The zero-order valence-electron chi connectivity index (χ0n) is 40.2. The number of H-pyrrole nitrogens is 1. The molecule has 0 bridgehead atoms. The van der Waals surface area contributed by atoms with Gasteiger partial charge in [0.15, 0.2) is 41.0 Å². The van der Waals surface area contributed by atoms with Crippen molar-refractivity contribution >= 4 is 115 Å². The number of aromatic amines is 1. The quantitative estimate of drug-likeness (QED) is 0.0499. The number of hydrogen-bond donors (Lipinski definition) is 3. The Morgan fingerprint density at radius 2 is 1.25 bits per heavy atom. The average Bonchev–Trinajstić information content (AvgIpc) is 4.20. The van der Waals surface area contributed by atoms with Gasteiger partial charge in [-0.25, -0.2) is 24.3 Å². The van der Waals surface area contributed by atoms with Crippen molar-refractivity contribution in [2.24, 2.45) is 0 Å². The second-order valence-corrected chi connectivity index (χ2v) is 18.5. The Bertz CT molecular complexity index is 3260. The van der Waals surface area contributed by atoms with Crippen molar-refractivity contribution in [3.8, 4) is 11.3 Å². The van der Waals surface area contributed by atoms with E-state index >= 15 is 0 Å². The largest absolute Gasteiger partial charge is 0.502 e. The minimum absolute atomic E-state index is 0.0275. The van der Waals surface area contributed by atoms with Crippen LogP contribution in [0, 0.1) is 0 Å². The van der Waals surface area contributed by atoms with Crippen LogP contribution >= 0.6 is 58.0 Å². The molecule has 2 unspecified atom stereocenters. The fourth-order valence-electron chi connectivity index (χ4n) is 7.74. The van der Waals surface area contributed by atoms with Gasteiger partial charge in [-0.05, 0) is 127 Å². The van der Waals surface area contributed by atoms with Crippen molar-refractivity contribution in [3.63, 3.8) is 0 Å². The molecule has 3 aliphatic heterocycles. The van der Waals surface area contributed by atoms with Crippen LogP contribution in [-0.2, 0) is 36.6 Å². The SMILES string of the molecule is C1=COCCC1.C=CC(=O)Cc1cccc(-c2nc(Cl)nc3c2cnn3C2CCCCO2)c1.C=CC(=O)Cc1cccc(B(O)O)c1.Clc1nc(Cl)c2cn[nH]c2n1.Clc1nc(Cl)c2cnn(C3CCCCO3)c2n1. The van der Waals surface area contributed by atoms with Crippen molar-refractivity contribution < 1.29 is 33.8 Å². The first-order valence-electron chi connectivity index (χ1n) is 23.7. The van der Waals surface area contributed by atoms with Crippen molar-refractivity contribution in [1.82, 2.24) is 59.7 Å². The molecule has 2 fully saturated rings. The smallest absolute Gasteiger partial charge is 0.488 e. The summed E-state index contributed by atoms with van der Waals surface area (Å²) >= 11 is 29.2. The Morgan fingerprint density at radius 1 is 0.680 bits per heavy atom. The summed E-state index contributed by atoms with van der Waals surface area (Å²) in [7, 11) is -1.49. The molecule has 0 radical (unpaired) electrons. The van der Waals surface area contributed by atoms with E-state index in [2.05, 4.69) is 63.5 Å². The summed E-state index contributed by atoms with van der Waals surface area (Å²) in [5, 5.41) is 36.1. The van der Waals surface area contributed by atoms with Crippen LogP contribution in [0.5, 0.6) is 0 Å². The molecule has 0 amide bonds. The topological polar surface area (TPSA) is 244 Å². The summed E-state index contributed by atoms with van der Waals surface area (Å²) in [4.78, 5) is 47.1. The number of nitrogens with zero attached hydrogens (tertiary/aromatic N) is 11. The normalized spacial score (nSPS) is 15.9. The lowest BCUT2D eigenvalue weighted by molar-refractivity contribution is -0.114. The van der Waals surface area contributed by atoms with Gasteiger partial charge in [0.2, 0.25) is 15.9 Å². The van der Waals surface area contributed by atoms with E-state index in [1.54, 1.807) is 58.5 Å². The molecule has 6 aromatic heterocycles. The molecule has 75 heavy (non-hydrogen) atoms. The van der Waals surface area contributed by atoms with Crippen LogP contribution in [0.4, 0.5) is 0 Å². The molecule has 25 heteroatoms. The van der Waals surface area contributed by atoms with Gasteiger partial charge in [0.05, 0.1) is 53.3 Å². The summed E-state index contributed by atoms with van der Waals surface area (Å²) in [5.41, 5.74) is 5.42. The molecular weight excluding hydrogens is 1070 g/mol. The summed E-state index contributed by atoms with van der Waals surface area (Å²) in [6, 6.07) is 14.3. The van der Waals surface area contributed by atoms with E-state index in [0.717, 1.165) is 80.4 Å². The van der Waals surface area contributed by atoms with Gasteiger partial charge in [0.1, 0.15) is 10.3 Å². The van der Waals surface area contributed by atoms with Gasteiger partial charge >= 0.3 is 7.12 Å². The van der Waals surface area contributed by atoms with E-state index in [-0.39, 0.29) is 46.3 Å². The van der Waals surface area contributed by atoms with E-state index in [1.165, 1.54) is 25.0 Å². The molecule has 19 nitrogen and oxygen atoms in total. The van der Waals surface area contributed by atoms with Gasteiger partial charge in [-0.2, -0.15) is 30.2 Å². The lowest BCUT2D eigenvalue weighted by Gasteiger charge is -2.23. The highest BCUT2D eigenvalue weighted by Crippen LogP contribution is 2.32. The number of fused-ring (bicyclic) bond motifs is 3. The Balaban J connectivity index is 0.000000147. The number of aromatic nitrogens is 12. The summed E-state index contributed by atoms with van der Waals surface area (Å²) in [5.74, 6) is -0.116. The highest BCUT2D eigenvalue weighted by molar-refractivity contribution is 6.58. The number of ketones is 2. The summed E-state index contributed by atoms with van der Waals surface area (Å²) in [6.45, 7) is 9.27. The Morgan fingerprint density at radius 3 is 1.80 bits per heavy atom. The van der Waals surface area contributed by atoms with Gasteiger partial charge in [0.25, 0.3) is 0 Å². The van der Waals surface area contributed by atoms with Gasteiger partial charge in [-0.3, -0.25) is 14.7 Å². The van der Waals surface area contributed by atoms with Crippen LogP contribution in [0.3, 0.4) is 0 Å². The highest BCUT2D eigenvalue weighted by Gasteiger charge is 2.23. The predicted molar refractivity (Wildman–Crippen MR) is 289 cm³/mol. The number of rotatable bonds is 10. The molecule has 9 heterocycles. The van der Waals surface area contributed by atoms with Crippen molar-refractivity contribution in [1.29, 1.82) is 0 Å². The molecule has 2 aromatic carbocycles. The first kappa shape index (κ1) is 56.5. The Labute approximate surface area is 456 Å². The van der Waals surface area contributed by atoms with E-state index in [1.807, 2.05) is 30.3 Å². The van der Waals surface area contributed by atoms with Crippen LogP contribution in [-0.4, -0.2) is 108 Å². The first-order chi connectivity index (χ1) is 36.3. The van der Waals surface area contributed by atoms with Gasteiger partial charge in [0, 0.05) is 31.6 Å². The van der Waals surface area contributed by atoms with Crippen molar-refractivity contribution in [3.05, 3.63) is 142 Å². The highest BCUT2D eigenvalue weighted by atomic mass is 35.5. The fourth-order valence-corrected chi connectivity index (χ4v) is 8.76. The molecule has 2 atom stereocenters. The van der Waals surface area contributed by atoms with E-state index in [9.17, 15) is 9.59 Å². The molecule has 0 spiro atoms. The number of carbonyl (C=O) groups excluding carboxylic acids is 2. The van der Waals surface area contributed by atoms with Crippen molar-refractivity contribution in [2.45, 2.75) is 76.7 Å². The lowest BCUT2D eigenvalue weighted by atomic mass is 9.79. The number of halogens is 5. The molecule has 0 aliphatic carbocycles. The number of allylic oxidation sites excluding steroid dienone is 3. The Hall–Kier alpha value is -6.20. The van der Waals surface area contributed by atoms with Crippen LogP contribution in [0.15, 0.2) is 105 Å². The average molecular weight is 1120 g/mol.